The number of hydrogen-bond donors (Lipinski definition) is 1. The Morgan fingerprint density at radius 1 is 1.33 bits per heavy atom. The molecule has 0 aromatic carbocycles. The van der Waals surface area contributed by atoms with Crippen molar-refractivity contribution in [3.63, 3.8) is 0 Å². The number of sulfone groups is 1. The Hall–Kier alpha value is -0.180. The molecule has 1 aliphatic heterocycles. The van der Waals surface area contributed by atoms with Crippen molar-refractivity contribution in [2.45, 2.75) is 31.8 Å². The smallest absolute Gasteiger partial charge is 0.215 e. The zero-order valence-electron chi connectivity index (χ0n) is 10.5. The summed E-state index contributed by atoms with van der Waals surface area (Å²) in [7, 11) is -6.42. The minimum Gasteiger partial charge on any atom is -0.313 e. The van der Waals surface area contributed by atoms with Crippen LogP contribution < -0.4 is 5.32 Å². The molecule has 0 amide bonds. The molecule has 0 spiro atoms. The molecule has 1 atom stereocenters. The van der Waals surface area contributed by atoms with E-state index in [4.69, 9.17) is 0 Å². The fourth-order valence-corrected chi connectivity index (χ4v) is 5.56. The molecule has 106 valence electrons. The van der Waals surface area contributed by atoms with Crippen LogP contribution in [0.4, 0.5) is 0 Å². The molecule has 18 heavy (non-hydrogen) atoms. The molecule has 6 nitrogen and oxygen atoms in total. The van der Waals surface area contributed by atoms with E-state index in [-0.39, 0.29) is 23.8 Å². The summed E-state index contributed by atoms with van der Waals surface area (Å²) >= 11 is 0. The average Bonchev–Trinajstić information content (AvgIpc) is 2.98. The first-order chi connectivity index (χ1) is 8.30. The molecule has 1 aliphatic carbocycles. The van der Waals surface area contributed by atoms with Gasteiger partial charge in [-0.15, -0.1) is 0 Å². The molecule has 0 bridgehead atoms. The van der Waals surface area contributed by atoms with Gasteiger partial charge in [-0.3, -0.25) is 0 Å². The van der Waals surface area contributed by atoms with E-state index in [0.717, 1.165) is 12.8 Å². The van der Waals surface area contributed by atoms with E-state index >= 15 is 0 Å². The fraction of sp³-hybridized carbons (Fsp3) is 1.00. The van der Waals surface area contributed by atoms with Crippen LogP contribution in [0.1, 0.15) is 19.8 Å². The van der Waals surface area contributed by atoms with Crippen LogP contribution in [0.3, 0.4) is 0 Å². The molecule has 1 saturated carbocycles. The maximum Gasteiger partial charge on any atom is 0.215 e. The molecule has 8 heteroatoms. The Kier molecular flexibility index (Phi) is 4.01. The zero-order valence-corrected chi connectivity index (χ0v) is 12.1. The second kappa shape index (κ2) is 5.07. The van der Waals surface area contributed by atoms with Gasteiger partial charge in [0.05, 0.1) is 17.3 Å². The Morgan fingerprint density at radius 2 is 2.00 bits per heavy atom. The first kappa shape index (κ1) is 14.2. The molecular formula is C10H20N2O4S2. The lowest BCUT2D eigenvalue weighted by Gasteiger charge is -2.32. The van der Waals surface area contributed by atoms with Crippen molar-refractivity contribution < 1.29 is 16.8 Å². The summed E-state index contributed by atoms with van der Waals surface area (Å²) in [4.78, 5) is 0. The Bertz CT molecular complexity index is 496. The molecule has 0 aromatic heterocycles. The van der Waals surface area contributed by atoms with Crippen molar-refractivity contribution in [3.05, 3.63) is 0 Å². The summed E-state index contributed by atoms with van der Waals surface area (Å²) in [5.74, 6) is -0.0806. The van der Waals surface area contributed by atoms with Crippen molar-refractivity contribution in [2.75, 3.05) is 30.3 Å². The third kappa shape index (κ3) is 3.66. The van der Waals surface area contributed by atoms with Crippen LogP contribution in [0.2, 0.25) is 0 Å². The van der Waals surface area contributed by atoms with Gasteiger partial charge in [-0.25, -0.2) is 16.8 Å². The highest BCUT2D eigenvalue weighted by atomic mass is 32.2. The van der Waals surface area contributed by atoms with E-state index in [9.17, 15) is 16.8 Å². The minimum atomic E-state index is -3.34. The minimum absolute atomic E-state index is 0.0495. The normalized spacial score (nSPS) is 29.3. The highest BCUT2D eigenvalue weighted by Crippen LogP contribution is 2.19. The summed E-state index contributed by atoms with van der Waals surface area (Å²) in [5, 5.41) is 3.16. The zero-order chi connectivity index (χ0) is 13.4. The van der Waals surface area contributed by atoms with Crippen LogP contribution in [0, 0.1) is 0 Å². The van der Waals surface area contributed by atoms with Crippen LogP contribution >= 0.6 is 0 Å². The lowest BCUT2D eigenvalue weighted by Crippen LogP contribution is -2.51. The Morgan fingerprint density at radius 3 is 2.56 bits per heavy atom. The topological polar surface area (TPSA) is 83.6 Å². The predicted octanol–water partition coefficient (Wildman–Crippen LogP) is -0.813. The van der Waals surface area contributed by atoms with Gasteiger partial charge < -0.3 is 5.32 Å². The molecule has 1 heterocycles. The molecular weight excluding hydrogens is 276 g/mol. The fourth-order valence-electron chi connectivity index (χ4n) is 2.19. The van der Waals surface area contributed by atoms with Gasteiger partial charge in [0.2, 0.25) is 10.0 Å². The quantitative estimate of drug-likeness (QED) is 0.717. The van der Waals surface area contributed by atoms with Crippen molar-refractivity contribution >= 4 is 19.9 Å². The monoisotopic (exact) mass is 296 g/mol. The summed E-state index contributed by atoms with van der Waals surface area (Å²) in [5.41, 5.74) is 0. The third-order valence-corrected chi connectivity index (χ3v) is 7.11. The number of nitrogens with one attached hydrogen (secondary N) is 1. The first-order valence-electron chi connectivity index (χ1n) is 6.23. The third-order valence-electron chi connectivity index (χ3n) is 3.34. The van der Waals surface area contributed by atoms with Gasteiger partial charge in [-0.2, -0.15) is 4.31 Å². The van der Waals surface area contributed by atoms with Gasteiger partial charge in [-0.05, 0) is 19.8 Å². The lowest BCUT2D eigenvalue weighted by molar-refractivity contribution is 0.356. The highest BCUT2D eigenvalue weighted by molar-refractivity contribution is 7.92. The maximum atomic E-state index is 12.1. The number of nitrogens with zero attached hydrogens (tertiary/aromatic N) is 1. The molecule has 2 aliphatic rings. The van der Waals surface area contributed by atoms with Crippen LogP contribution in [0.25, 0.3) is 0 Å². The van der Waals surface area contributed by atoms with Crippen molar-refractivity contribution in [2.24, 2.45) is 0 Å². The summed E-state index contributed by atoms with van der Waals surface area (Å²) < 4.78 is 48.4. The van der Waals surface area contributed by atoms with Gasteiger partial charge >= 0.3 is 0 Å². The number of sulfonamides is 1. The van der Waals surface area contributed by atoms with Crippen molar-refractivity contribution in [3.8, 4) is 0 Å². The van der Waals surface area contributed by atoms with Gasteiger partial charge in [0.15, 0.2) is 9.84 Å². The summed E-state index contributed by atoms with van der Waals surface area (Å²) in [6.07, 6.45) is 2.25. The van der Waals surface area contributed by atoms with Crippen LogP contribution in [-0.4, -0.2) is 63.6 Å². The van der Waals surface area contributed by atoms with Gasteiger partial charge in [0.1, 0.15) is 0 Å². The molecule has 2 fully saturated rings. The molecule has 1 unspecified atom stereocenters. The SMILES string of the molecule is CC1CS(=O)(=O)CCN1S(=O)(=O)CCNC1CC1. The second-order valence-electron chi connectivity index (χ2n) is 5.12. The van der Waals surface area contributed by atoms with Crippen LogP contribution in [0.15, 0.2) is 0 Å². The Balaban J connectivity index is 1.92. The molecule has 1 N–H and O–H groups in total. The van der Waals surface area contributed by atoms with E-state index < -0.39 is 25.9 Å². The first-order valence-corrected chi connectivity index (χ1v) is 9.66. The van der Waals surface area contributed by atoms with E-state index in [1.807, 2.05) is 0 Å². The van der Waals surface area contributed by atoms with Crippen LogP contribution in [0.5, 0.6) is 0 Å². The van der Waals surface area contributed by atoms with Gasteiger partial charge in [0, 0.05) is 25.2 Å². The predicted molar refractivity (Wildman–Crippen MR) is 69.6 cm³/mol. The summed E-state index contributed by atoms with van der Waals surface area (Å²) in [6.45, 7) is 2.20. The highest BCUT2D eigenvalue weighted by Gasteiger charge is 2.35. The van der Waals surface area contributed by atoms with Gasteiger partial charge in [0.25, 0.3) is 0 Å². The van der Waals surface area contributed by atoms with E-state index in [1.165, 1.54) is 4.31 Å². The maximum absolute atomic E-state index is 12.1. The van der Waals surface area contributed by atoms with E-state index in [2.05, 4.69) is 5.32 Å². The second-order valence-corrected chi connectivity index (χ2v) is 9.39. The van der Waals surface area contributed by atoms with Gasteiger partial charge in [-0.1, -0.05) is 0 Å². The van der Waals surface area contributed by atoms with E-state index in [1.54, 1.807) is 6.92 Å². The van der Waals surface area contributed by atoms with Crippen molar-refractivity contribution in [1.29, 1.82) is 0 Å². The average molecular weight is 296 g/mol. The molecule has 1 saturated heterocycles. The molecule has 2 rings (SSSR count). The number of rotatable bonds is 5. The summed E-state index contributed by atoms with van der Waals surface area (Å²) in [6, 6.07) is 0.0361. The number of hydrogen-bond acceptors (Lipinski definition) is 5. The Labute approximate surface area is 109 Å². The van der Waals surface area contributed by atoms with Crippen LogP contribution in [-0.2, 0) is 19.9 Å². The molecule has 0 radical (unpaired) electrons. The van der Waals surface area contributed by atoms with E-state index in [0.29, 0.717) is 12.6 Å². The standard InChI is InChI=1S/C10H20N2O4S2/c1-9-8-17(13,14)7-5-12(9)18(15,16)6-4-11-10-2-3-10/h9-11H,2-8H2,1H3. The molecule has 0 aromatic rings. The van der Waals surface area contributed by atoms with Crippen molar-refractivity contribution in [1.82, 2.24) is 9.62 Å². The lowest BCUT2D eigenvalue weighted by atomic mass is 10.4. The largest absolute Gasteiger partial charge is 0.313 e.